The largest absolute Gasteiger partial charge is 0.393 e. The zero-order valence-electron chi connectivity index (χ0n) is 10.9. The number of aromatic nitrogens is 2. The third-order valence-electron chi connectivity index (χ3n) is 3.46. The number of carbonyl (C=O) groups excluding carboxylic acids is 1. The van der Waals surface area contributed by atoms with Gasteiger partial charge in [-0.15, -0.1) is 11.3 Å². The van der Waals surface area contributed by atoms with Crippen LogP contribution in [0.4, 0.5) is 0 Å². The van der Waals surface area contributed by atoms with Gasteiger partial charge in [0, 0.05) is 25.5 Å². The Bertz CT molecular complexity index is 592. The van der Waals surface area contributed by atoms with Crippen molar-refractivity contribution < 1.29 is 9.90 Å². The van der Waals surface area contributed by atoms with Gasteiger partial charge in [-0.05, 0) is 25.0 Å². The Morgan fingerprint density at radius 1 is 1.40 bits per heavy atom. The van der Waals surface area contributed by atoms with Crippen molar-refractivity contribution in [3.63, 3.8) is 0 Å². The van der Waals surface area contributed by atoms with E-state index >= 15 is 0 Å². The predicted octanol–water partition coefficient (Wildman–Crippen LogP) is 1.80. The maximum Gasteiger partial charge on any atom is 0.256 e. The van der Waals surface area contributed by atoms with Crippen LogP contribution in [0.2, 0.25) is 0 Å². The predicted molar refractivity (Wildman–Crippen MR) is 76.5 cm³/mol. The van der Waals surface area contributed by atoms with Gasteiger partial charge in [-0.1, -0.05) is 0 Å². The molecule has 2 aromatic rings. The number of carbonyl (C=O) groups is 1. The van der Waals surface area contributed by atoms with Crippen molar-refractivity contribution in [1.82, 2.24) is 14.9 Å². The number of aliphatic hydroxyl groups excluding tert-OH is 1. The maximum absolute atomic E-state index is 12.6. The topological polar surface area (TPSA) is 66.3 Å². The molecule has 20 heavy (non-hydrogen) atoms. The van der Waals surface area contributed by atoms with Crippen molar-refractivity contribution in [3.8, 4) is 10.6 Å². The Balaban J connectivity index is 1.89. The summed E-state index contributed by atoms with van der Waals surface area (Å²) in [4.78, 5) is 23.7. The number of hydrogen-bond donors (Lipinski definition) is 1. The van der Waals surface area contributed by atoms with Crippen molar-refractivity contribution >= 4 is 17.2 Å². The van der Waals surface area contributed by atoms with Crippen LogP contribution in [0, 0.1) is 0 Å². The van der Waals surface area contributed by atoms with Crippen LogP contribution in [0.15, 0.2) is 30.0 Å². The summed E-state index contributed by atoms with van der Waals surface area (Å²) in [5.41, 5.74) is 3.02. The highest BCUT2D eigenvalue weighted by Gasteiger charge is 2.24. The molecule has 1 aliphatic heterocycles. The van der Waals surface area contributed by atoms with Crippen molar-refractivity contribution in [2.75, 3.05) is 13.1 Å². The first-order chi connectivity index (χ1) is 9.75. The van der Waals surface area contributed by atoms with E-state index in [4.69, 9.17) is 0 Å². The number of likely N-dealkylation sites (tertiary alicyclic amines) is 1. The molecular weight excluding hydrogens is 274 g/mol. The standard InChI is InChI=1S/C14H15N3O2S/c18-10-3-6-17(7-4-10)14(19)11-2-1-5-16-13(11)12-8-15-9-20-12/h1-2,5,8-10,18H,3-4,6-7H2. The van der Waals surface area contributed by atoms with Crippen molar-refractivity contribution in [2.45, 2.75) is 18.9 Å². The van der Waals surface area contributed by atoms with Gasteiger partial charge in [-0.25, -0.2) is 0 Å². The number of hydrogen-bond acceptors (Lipinski definition) is 5. The van der Waals surface area contributed by atoms with Crippen molar-refractivity contribution in [2.24, 2.45) is 0 Å². The molecule has 6 heteroatoms. The van der Waals surface area contributed by atoms with E-state index in [1.54, 1.807) is 34.9 Å². The van der Waals surface area contributed by atoms with Gasteiger partial charge in [-0.2, -0.15) is 0 Å². The summed E-state index contributed by atoms with van der Waals surface area (Å²) in [5.74, 6) is -0.0200. The fourth-order valence-electron chi connectivity index (χ4n) is 2.35. The smallest absolute Gasteiger partial charge is 0.256 e. The molecular formula is C14H15N3O2S. The van der Waals surface area contributed by atoms with E-state index in [1.807, 2.05) is 0 Å². The molecule has 1 saturated heterocycles. The first-order valence-electron chi connectivity index (χ1n) is 6.57. The van der Waals surface area contributed by atoms with E-state index in [0.29, 0.717) is 37.2 Å². The summed E-state index contributed by atoms with van der Waals surface area (Å²) < 4.78 is 0. The normalized spacial score (nSPS) is 16.4. The Labute approximate surface area is 120 Å². The summed E-state index contributed by atoms with van der Waals surface area (Å²) in [6, 6.07) is 3.58. The summed E-state index contributed by atoms with van der Waals surface area (Å²) in [7, 11) is 0. The van der Waals surface area contributed by atoms with Crippen LogP contribution in [-0.4, -0.2) is 45.1 Å². The van der Waals surface area contributed by atoms with Crippen LogP contribution in [0.3, 0.4) is 0 Å². The molecule has 1 fully saturated rings. The quantitative estimate of drug-likeness (QED) is 0.915. The Morgan fingerprint density at radius 2 is 2.20 bits per heavy atom. The lowest BCUT2D eigenvalue weighted by Crippen LogP contribution is -2.40. The molecule has 104 valence electrons. The second-order valence-corrected chi connectivity index (χ2v) is 5.67. The van der Waals surface area contributed by atoms with Gasteiger partial charge in [0.1, 0.15) is 0 Å². The van der Waals surface area contributed by atoms with E-state index in [0.717, 1.165) is 4.88 Å². The van der Waals surface area contributed by atoms with E-state index in [-0.39, 0.29) is 12.0 Å². The lowest BCUT2D eigenvalue weighted by atomic mass is 10.1. The average Bonchev–Trinajstić information content (AvgIpc) is 3.01. The molecule has 1 amide bonds. The highest BCUT2D eigenvalue weighted by molar-refractivity contribution is 7.13. The van der Waals surface area contributed by atoms with E-state index in [1.165, 1.54) is 11.3 Å². The van der Waals surface area contributed by atoms with Gasteiger partial charge in [0.05, 0.1) is 27.7 Å². The molecule has 0 saturated carbocycles. The molecule has 0 unspecified atom stereocenters. The fraction of sp³-hybridized carbons (Fsp3) is 0.357. The zero-order valence-corrected chi connectivity index (χ0v) is 11.7. The van der Waals surface area contributed by atoms with E-state index in [9.17, 15) is 9.90 Å². The van der Waals surface area contributed by atoms with Gasteiger partial charge in [0.15, 0.2) is 0 Å². The number of pyridine rings is 1. The van der Waals surface area contributed by atoms with Crippen LogP contribution in [0.1, 0.15) is 23.2 Å². The molecule has 0 aliphatic carbocycles. The van der Waals surface area contributed by atoms with Crippen LogP contribution < -0.4 is 0 Å². The molecule has 3 rings (SSSR count). The number of amides is 1. The highest BCUT2D eigenvalue weighted by Crippen LogP contribution is 2.26. The molecule has 0 radical (unpaired) electrons. The SMILES string of the molecule is O=C(c1cccnc1-c1cncs1)N1CCC(O)CC1. The highest BCUT2D eigenvalue weighted by atomic mass is 32.1. The van der Waals surface area contributed by atoms with Gasteiger partial charge < -0.3 is 10.0 Å². The lowest BCUT2D eigenvalue weighted by Gasteiger charge is -2.30. The molecule has 1 N–H and O–H groups in total. The first-order valence-corrected chi connectivity index (χ1v) is 7.45. The van der Waals surface area contributed by atoms with Gasteiger partial charge in [0.2, 0.25) is 0 Å². The van der Waals surface area contributed by atoms with E-state index in [2.05, 4.69) is 9.97 Å². The summed E-state index contributed by atoms with van der Waals surface area (Å²) in [6.07, 6.45) is 4.41. The van der Waals surface area contributed by atoms with Crippen LogP contribution >= 0.6 is 11.3 Å². The maximum atomic E-state index is 12.6. The third kappa shape index (κ3) is 2.57. The molecule has 0 bridgehead atoms. The third-order valence-corrected chi connectivity index (χ3v) is 4.24. The molecule has 0 aromatic carbocycles. The molecule has 3 heterocycles. The number of thiazole rings is 1. The number of rotatable bonds is 2. The first kappa shape index (κ1) is 13.2. The van der Waals surface area contributed by atoms with Crippen LogP contribution in [0.25, 0.3) is 10.6 Å². The minimum atomic E-state index is -0.283. The molecule has 5 nitrogen and oxygen atoms in total. The zero-order chi connectivity index (χ0) is 13.9. The number of nitrogens with zero attached hydrogens (tertiary/aromatic N) is 3. The summed E-state index contributed by atoms with van der Waals surface area (Å²) in [5, 5.41) is 9.53. The number of piperidine rings is 1. The van der Waals surface area contributed by atoms with Gasteiger partial charge in [0.25, 0.3) is 5.91 Å². The molecule has 0 atom stereocenters. The molecule has 1 aliphatic rings. The second kappa shape index (κ2) is 5.68. The number of aliphatic hydroxyl groups is 1. The summed E-state index contributed by atoms with van der Waals surface area (Å²) >= 11 is 1.47. The van der Waals surface area contributed by atoms with Gasteiger partial charge >= 0.3 is 0 Å². The van der Waals surface area contributed by atoms with Crippen LogP contribution in [-0.2, 0) is 0 Å². The fourth-order valence-corrected chi connectivity index (χ4v) is 2.98. The Kier molecular flexibility index (Phi) is 3.75. The Morgan fingerprint density at radius 3 is 2.90 bits per heavy atom. The van der Waals surface area contributed by atoms with Crippen molar-refractivity contribution in [1.29, 1.82) is 0 Å². The van der Waals surface area contributed by atoms with E-state index < -0.39 is 0 Å². The minimum Gasteiger partial charge on any atom is -0.393 e. The summed E-state index contributed by atoms with van der Waals surface area (Å²) in [6.45, 7) is 1.19. The average molecular weight is 289 g/mol. The Hall–Kier alpha value is -1.79. The molecule has 2 aromatic heterocycles. The second-order valence-electron chi connectivity index (χ2n) is 4.79. The van der Waals surface area contributed by atoms with Crippen LogP contribution in [0.5, 0.6) is 0 Å². The van der Waals surface area contributed by atoms with Gasteiger partial charge in [-0.3, -0.25) is 14.8 Å². The van der Waals surface area contributed by atoms with Crippen molar-refractivity contribution in [3.05, 3.63) is 35.6 Å². The molecule has 0 spiro atoms. The monoisotopic (exact) mass is 289 g/mol. The minimum absolute atomic E-state index is 0.0200. The lowest BCUT2D eigenvalue weighted by molar-refractivity contribution is 0.0547.